The number of ether oxygens (including phenoxy) is 4. The molecule has 0 bridgehead atoms. The van der Waals surface area contributed by atoms with Crippen LogP contribution in [0, 0.1) is 5.92 Å². The second kappa shape index (κ2) is 5.76. The number of carbonyl (C=O) groups is 2. The number of hydrogen-bond acceptors (Lipinski definition) is 6. The van der Waals surface area contributed by atoms with Crippen LogP contribution in [0.3, 0.4) is 0 Å². The van der Waals surface area contributed by atoms with Gasteiger partial charge in [0.05, 0.1) is 14.2 Å². The third kappa shape index (κ3) is 3.11. The van der Waals surface area contributed by atoms with Crippen LogP contribution in [-0.2, 0) is 24.5 Å². The van der Waals surface area contributed by atoms with Gasteiger partial charge in [0.1, 0.15) is 0 Å². The standard InChI is InChI=1S/C17H22O6/c1-16(2,10-7-8-11(20-5)12(9-10)21-6)13-14(18)22-17(3,4)23-15(13)19/h7-9,13H,1-6H3. The Kier molecular flexibility index (Phi) is 4.28. The van der Waals surface area contributed by atoms with E-state index in [4.69, 9.17) is 18.9 Å². The number of carbonyl (C=O) groups excluding carboxylic acids is 2. The molecular formula is C17H22O6. The van der Waals surface area contributed by atoms with Gasteiger partial charge in [-0.1, -0.05) is 19.9 Å². The van der Waals surface area contributed by atoms with Crippen LogP contribution in [0.4, 0.5) is 0 Å². The molecule has 0 unspecified atom stereocenters. The van der Waals surface area contributed by atoms with Crippen LogP contribution in [0.1, 0.15) is 33.3 Å². The van der Waals surface area contributed by atoms with Crippen LogP contribution in [0.5, 0.6) is 11.5 Å². The molecular weight excluding hydrogens is 300 g/mol. The Morgan fingerprint density at radius 3 is 2.00 bits per heavy atom. The molecule has 1 heterocycles. The molecule has 0 aliphatic carbocycles. The van der Waals surface area contributed by atoms with Gasteiger partial charge in [-0.25, -0.2) is 0 Å². The second-order valence-corrected chi connectivity index (χ2v) is 6.47. The summed E-state index contributed by atoms with van der Waals surface area (Å²) in [4.78, 5) is 24.7. The van der Waals surface area contributed by atoms with E-state index in [2.05, 4.69) is 0 Å². The Labute approximate surface area is 135 Å². The number of hydrogen-bond donors (Lipinski definition) is 0. The van der Waals surface area contributed by atoms with Gasteiger partial charge in [0.15, 0.2) is 17.4 Å². The minimum absolute atomic E-state index is 0.524. The predicted octanol–water partition coefficient (Wildman–Crippen LogP) is 2.43. The van der Waals surface area contributed by atoms with Crippen molar-refractivity contribution in [3.8, 4) is 11.5 Å². The highest BCUT2D eigenvalue weighted by Gasteiger charge is 2.51. The van der Waals surface area contributed by atoms with E-state index in [1.165, 1.54) is 21.0 Å². The van der Waals surface area contributed by atoms with Crippen molar-refractivity contribution in [2.45, 2.75) is 38.9 Å². The van der Waals surface area contributed by atoms with Gasteiger partial charge in [0.25, 0.3) is 5.79 Å². The summed E-state index contributed by atoms with van der Waals surface area (Å²) in [6.07, 6.45) is 0. The molecule has 0 saturated carbocycles. The predicted molar refractivity (Wildman–Crippen MR) is 82.3 cm³/mol. The van der Waals surface area contributed by atoms with Gasteiger partial charge in [-0.15, -0.1) is 0 Å². The Morgan fingerprint density at radius 2 is 1.52 bits per heavy atom. The molecule has 2 rings (SSSR count). The first kappa shape index (κ1) is 17.1. The van der Waals surface area contributed by atoms with Crippen LogP contribution >= 0.6 is 0 Å². The number of cyclic esters (lactones) is 2. The molecule has 1 aliphatic heterocycles. The Balaban J connectivity index is 2.41. The SMILES string of the molecule is COc1ccc(C(C)(C)C2C(=O)OC(C)(C)OC2=O)cc1OC. The van der Waals surface area contributed by atoms with E-state index < -0.39 is 29.1 Å². The lowest BCUT2D eigenvalue weighted by atomic mass is 9.73. The van der Waals surface area contributed by atoms with Crippen molar-refractivity contribution in [2.75, 3.05) is 14.2 Å². The minimum Gasteiger partial charge on any atom is -0.493 e. The molecule has 6 heteroatoms. The molecule has 126 valence electrons. The Hall–Kier alpha value is -2.24. The molecule has 0 amide bonds. The number of esters is 2. The van der Waals surface area contributed by atoms with E-state index in [1.54, 1.807) is 39.2 Å². The quantitative estimate of drug-likeness (QED) is 0.626. The van der Waals surface area contributed by atoms with E-state index >= 15 is 0 Å². The van der Waals surface area contributed by atoms with Crippen LogP contribution in [-0.4, -0.2) is 31.9 Å². The molecule has 0 N–H and O–H groups in total. The first-order valence-corrected chi connectivity index (χ1v) is 7.30. The Bertz CT molecular complexity index is 612. The third-order valence-corrected chi connectivity index (χ3v) is 4.01. The second-order valence-electron chi connectivity index (χ2n) is 6.47. The fraction of sp³-hybridized carbons (Fsp3) is 0.529. The first-order chi connectivity index (χ1) is 10.6. The maximum atomic E-state index is 12.3. The molecule has 0 atom stereocenters. The van der Waals surface area contributed by atoms with Crippen LogP contribution in [0.2, 0.25) is 0 Å². The lowest BCUT2D eigenvalue weighted by Gasteiger charge is -2.39. The highest BCUT2D eigenvalue weighted by Crippen LogP contribution is 2.40. The van der Waals surface area contributed by atoms with Gasteiger partial charge in [-0.3, -0.25) is 9.59 Å². The highest BCUT2D eigenvalue weighted by atomic mass is 16.7. The molecule has 0 radical (unpaired) electrons. The summed E-state index contributed by atoms with van der Waals surface area (Å²) in [6.45, 7) is 6.64. The molecule has 6 nitrogen and oxygen atoms in total. The van der Waals surface area contributed by atoms with Crippen LogP contribution in [0.15, 0.2) is 18.2 Å². The minimum atomic E-state index is -1.24. The molecule has 0 spiro atoms. The van der Waals surface area contributed by atoms with Crippen LogP contribution < -0.4 is 9.47 Å². The summed E-state index contributed by atoms with van der Waals surface area (Å²) in [5.74, 6) is -2.37. The number of benzene rings is 1. The fourth-order valence-electron chi connectivity index (χ4n) is 2.71. The van der Waals surface area contributed by atoms with Crippen molar-refractivity contribution < 1.29 is 28.5 Å². The van der Waals surface area contributed by atoms with Gasteiger partial charge in [-0.2, -0.15) is 0 Å². The van der Waals surface area contributed by atoms with E-state index in [0.29, 0.717) is 11.5 Å². The maximum absolute atomic E-state index is 12.3. The van der Waals surface area contributed by atoms with Crippen molar-refractivity contribution in [3.63, 3.8) is 0 Å². The smallest absolute Gasteiger partial charge is 0.324 e. The fourth-order valence-corrected chi connectivity index (χ4v) is 2.71. The summed E-state index contributed by atoms with van der Waals surface area (Å²) in [6, 6.07) is 5.28. The van der Waals surface area contributed by atoms with Gasteiger partial charge < -0.3 is 18.9 Å². The summed E-state index contributed by atoms with van der Waals surface area (Å²) in [7, 11) is 3.07. The average Bonchev–Trinajstić information content (AvgIpc) is 2.43. The van der Waals surface area contributed by atoms with Crippen molar-refractivity contribution in [1.29, 1.82) is 0 Å². The molecule has 1 fully saturated rings. The van der Waals surface area contributed by atoms with Crippen molar-refractivity contribution >= 4 is 11.9 Å². The summed E-state index contributed by atoms with van der Waals surface area (Å²) >= 11 is 0. The van der Waals surface area contributed by atoms with Crippen LogP contribution in [0.25, 0.3) is 0 Å². The zero-order chi connectivity index (χ0) is 17.4. The summed E-state index contributed by atoms with van der Waals surface area (Å²) in [5.41, 5.74) is -0.0849. The third-order valence-electron chi connectivity index (χ3n) is 4.01. The summed E-state index contributed by atoms with van der Waals surface area (Å²) < 4.78 is 21.0. The lowest BCUT2D eigenvalue weighted by molar-refractivity contribution is -0.243. The van der Waals surface area contributed by atoms with E-state index in [-0.39, 0.29) is 0 Å². The summed E-state index contributed by atoms with van der Waals surface area (Å²) in [5, 5.41) is 0. The lowest BCUT2D eigenvalue weighted by Crippen LogP contribution is -2.52. The topological polar surface area (TPSA) is 71.1 Å². The molecule has 1 aromatic rings. The number of rotatable bonds is 4. The largest absolute Gasteiger partial charge is 0.493 e. The van der Waals surface area contributed by atoms with E-state index in [1.807, 2.05) is 0 Å². The van der Waals surface area contributed by atoms with Gasteiger partial charge in [0, 0.05) is 19.3 Å². The van der Waals surface area contributed by atoms with Gasteiger partial charge in [-0.05, 0) is 17.7 Å². The average molecular weight is 322 g/mol. The van der Waals surface area contributed by atoms with Gasteiger partial charge in [0.2, 0.25) is 0 Å². The van der Waals surface area contributed by atoms with Crippen molar-refractivity contribution in [3.05, 3.63) is 23.8 Å². The molecule has 1 aliphatic rings. The molecule has 1 saturated heterocycles. The molecule has 1 aromatic carbocycles. The van der Waals surface area contributed by atoms with E-state index in [0.717, 1.165) is 5.56 Å². The highest BCUT2D eigenvalue weighted by molar-refractivity contribution is 5.98. The number of methoxy groups -OCH3 is 2. The zero-order valence-electron chi connectivity index (χ0n) is 14.3. The molecule has 23 heavy (non-hydrogen) atoms. The van der Waals surface area contributed by atoms with E-state index in [9.17, 15) is 9.59 Å². The maximum Gasteiger partial charge on any atom is 0.324 e. The first-order valence-electron chi connectivity index (χ1n) is 7.30. The van der Waals surface area contributed by atoms with Crippen molar-refractivity contribution in [2.24, 2.45) is 5.92 Å². The van der Waals surface area contributed by atoms with Crippen molar-refractivity contribution in [1.82, 2.24) is 0 Å². The normalized spacial score (nSPS) is 18.2. The Morgan fingerprint density at radius 1 is 1.00 bits per heavy atom. The zero-order valence-corrected chi connectivity index (χ0v) is 14.3. The monoisotopic (exact) mass is 322 g/mol. The van der Waals surface area contributed by atoms with Gasteiger partial charge >= 0.3 is 11.9 Å². The molecule has 0 aromatic heterocycles.